The second kappa shape index (κ2) is 9.14. The van der Waals surface area contributed by atoms with Crippen LogP contribution in [0.3, 0.4) is 0 Å². The van der Waals surface area contributed by atoms with Gasteiger partial charge in [-0.25, -0.2) is 0 Å². The van der Waals surface area contributed by atoms with E-state index in [-0.39, 0.29) is 17.9 Å². The van der Waals surface area contributed by atoms with E-state index in [0.29, 0.717) is 19.8 Å². The van der Waals surface area contributed by atoms with Gasteiger partial charge in [0.15, 0.2) is 0 Å². The number of hydrogen-bond acceptors (Lipinski definition) is 3. The Hall–Kier alpha value is -0.870. The molecule has 2 atom stereocenters. The first-order valence-corrected chi connectivity index (χ1v) is 8.00. The van der Waals surface area contributed by atoms with E-state index >= 15 is 0 Å². The quantitative estimate of drug-likeness (QED) is 0.601. The summed E-state index contributed by atoms with van der Waals surface area (Å²) >= 11 is 0. The molecule has 2 aliphatic rings. The average molecular weight is 281 g/mol. The number of nitrogens with one attached hydrogen (secondary N) is 1. The van der Waals surface area contributed by atoms with Crippen molar-refractivity contribution in [1.29, 1.82) is 0 Å². The molecule has 1 heterocycles. The Kier molecular flexibility index (Phi) is 7.09. The molecule has 0 radical (unpaired) electrons. The second-order valence-corrected chi connectivity index (χ2v) is 5.67. The smallest absolute Gasteiger partial charge is 0.226 e. The zero-order chi connectivity index (χ0) is 14.0. The van der Waals surface area contributed by atoms with Crippen LogP contribution in [0.2, 0.25) is 0 Å². The summed E-state index contributed by atoms with van der Waals surface area (Å²) in [7, 11) is 0. The van der Waals surface area contributed by atoms with Gasteiger partial charge >= 0.3 is 0 Å². The Balaban J connectivity index is 1.55. The van der Waals surface area contributed by atoms with Crippen LogP contribution in [0.4, 0.5) is 0 Å². The molecule has 2 rings (SSSR count). The minimum atomic E-state index is 0.0495. The normalized spacial score (nSPS) is 28.6. The molecule has 0 spiro atoms. The average Bonchev–Trinajstić information content (AvgIpc) is 2.91. The first-order valence-electron chi connectivity index (χ1n) is 8.00. The van der Waals surface area contributed by atoms with Gasteiger partial charge in [-0.1, -0.05) is 25.0 Å². The molecule has 1 fully saturated rings. The van der Waals surface area contributed by atoms with Gasteiger partial charge in [0, 0.05) is 13.2 Å². The molecule has 0 saturated carbocycles. The summed E-state index contributed by atoms with van der Waals surface area (Å²) in [5.41, 5.74) is 0. The SMILES string of the molecule is O=C(NCCOCC1CCCO1)C1/C=C\CCCCC1. The molecule has 4 nitrogen and oxygen atoms in total. The second-order valence-electron chi connectivity index (χ2n) is 5.67. The molecule has 0 bridgehead atoms. The standard InChI is InChI=1S/C16H27NO3/c18-16(14-7-4-2-1-3-5-8-14)17-10-12-19-13-15-9-6-11-20-15/h4,7,14-15H,1-3,5-6,8-13H2,(H,17,18)/b7-4-. The molecule has 0 aromatic rings. The lowest BCUT2D eigenvalue weighted by Gasteiger charge is -2.15. The third kappa shape index (κ3) is 5.63. The van der Waals surface area contributed by atoms with Crippen molar-refractivity contribution in [3.63, 3.8) is 0 Å². The molecule has 114 valence electrons. The van der Waals surface area contributed by atoms with Crippen LogP contribution in [-0.4, -0.2) is 38.4 Å². The summed E-state index contributed by atoms with van der Waals surface area (Å²) in [5.74, 6) is 0.192. The Bertz CT molecular complexity index is 311. The van der Waals surface area contributed by atoms with E-state index in [1.807, 2.05) is 0 Å². The van der Waals surface area contributed by atoms with Crippen LogP contribution in [0.15, 0.2) is 12.2 Å². The molecule has 0 aromatic carbocycles. The van der Waals surface area contributed by atoms with Crippen molar-refractivity contribution in [2.24, 2.45) is 5.92 Å². The molecule has 1 aliphatic heterocycles. The van der Waals surface area contributed by atoms with Crippen molar-refractivity contribution in [3.8, 4) is 0 Å². The number of hydrogen-bond donors (Lipinski definition) is 1. The molecule has 4 heteroatoms. The molecule has 0 aromatic heterocycles. The van der Waals surface area contributed by atoms with Gasteiger partial charge in [0.05, 0.1) is 25.2 Å². The molecule has 1 saturated heterocycles. The lowest BCUT2D eigenvalue weighted by Crippen LogP contribution is -2.33. The van der Waals surface area contributed by atoms with Crippen LogP contribution in [-0.2, 0) is 14.3 Å². The zero-order valence-electron chi connectivity index (χ0n) is 12.3. The molecule has 2 unspecified atom stereocenters. The van der Waals surface area contributed by atoms with Gasteiger partial charge in [-0.15, -0.1) is 0 Å². The van der Waals surface area contributed by atoms with Gasteiger partial charge < -0.3 is 14.8 Å². The van der Waals surface area contributed by atoms with Crippen molar-refractivity contribution < 1.29 is 14.3 Å². The Morgan fingerprint density at radius 2 is 2.20 bits per heavy atom. The largest absolute Gasteiger partial charge is 0.377 e. The Morgan fingerprint density at radius 3 is 3.05 bits per heavy atom. The third-order valence-electron chi connectivity index (χ3n) is 3.96. The molecule has 1 N–H and O–H groups in total. The van der Waals surface area contributed by atoms with Crippen LogP contribution in [0.5, 0.6) is 0 Å². The van der Waals surface area contributed by atoms with Crippen LogP contribution < -0.4 is 5.32 Å². The van der Waals surface area contributed by atoms with E-state index in [0.717, 1.165) is 38.7 Å². The number of carbonyl (C=O) groups is 1. The van der Waals surface area contributed by atoms with E-state index in [2.05, 4.69) is 17.5 Å². The molecular formula is C16H27NO3. The van der Waals surface area contributed by atoms with E-state index in [4.69, 9.17) is 9.47 Å². The highest BCUT2D eigenvalue weighted by atomic mass is 16.5. The number of ether oxygens (including phenoxy) is 2. The summed E-state index contributed by atoms with van der Waals surface area (Å²) in [5, 5.41) is 2.97. The van der Waals surface area contributed by atoms with E-state index in [1.165, 1.54) is 12.8 Å². The minimum Gasteiger partial charge on any atom is -0.377 e. The molecule has 1 aliphatic carbocycles. The van der Waals surface area contributed by atoms with Gasteiger partial charge in [0.2, 0.25) is 5.91 Å². The van der Waals surface area contributed by atoms with Crippen molar-refractivity contribution in [3.05, 3.63) is 12.2 Å². The number of amides is 1. The van der Waals surface area contributed by atoms with Gasteiger partial charge in [0.1, 0.15) is 0 Å². The van der Waals surface area contributed by atoms with Gasteiger partial charge in [-0.2, -0.15) is 0 Å². The van der Waals surface area contributed by atoms with Gasteiger partial charge in [-0.05, 0) is 32.1 Å². The molecular weight excluding hydrogens is 254 g/mol. The number of carbonyl (C=O) groups excluding carboxylic acids is 1. The van der Waals surface area contributed by atoms with Gasteiger partial charge in [0.25, 0.3) is 0 Å². The first kappa shape index (κ1) is 15.5. The fourth-order valence-electron chi connectivity index (χ4n) is 2.75. The maximum atomic E-state index is 12.0. The lowest BCUT2D eigenvalue weighted by atomic mass is 9.96. The Labute approximate surface area is 121 Å². The van der Waals surface area contributed by atoms with Crippen molar-refractivity contribution in [1.82, 2.24) is 5.32 Å². The van der Waals surface area contributed by atoms with Crippen LogP contribution >= 0.6 is 0 Å². The monoisotopic (exact) mass is 281 g/mol. The molecule has 1 amide bonds. The molecule has 20 heavy (non-hydrogen) atoms. The summed E-state index contributed by atoms with van der Waals surface area (Å²) in [6.07, 6.45) is 12.4. The summed E-state index contributed by atoms with van der Waals surface area (Å²) < 4.78 is 11.0. The van der Waals surface area contributed by atoms with Crippen LogP contribution in [0.1, 0.15) is 44.9 Å². The summed E-state index contributed by atoms with van der Waals surface area (Å²) in [6.45, 7) is 2.68. The fourth-order valence-corrected chi connectivity index (χ4v) is 2.75. The van der Waals surface area contributed by atoms with Crippen molar-refractivity contribution in [2.75, 3.05) is 26.4 Å². The van der Waals surface area contributed by atoms with E-state index < -0.39 is 0 Å². The van der Waals surface area contributed by atoms with Crippen molar-refractivity contribution >= 4 is 5.91 Å². The lowest BCUT2D eigenvalue weighted by molar-refractivity contribution is -0.124. The Morgan fingerprint density at radius 1 is 1.25 bits per heavy atom. The number of allylic oxidation sites excluding steroid dienone is 1. The van der Waals surface area contributed by atoms with E-state index in [9.17, 15) is 4.79 Å². The number of rotatable bonds is 6. The van der Waals surface area contributed by atoms with Crippen LogP contribution in [0, 0.1) is 5.92 Å². The maximum Gasteiger partial charge on any atom is 0.226 e. The van der Waals surface area contributed by atoms with Gasteiger partial charge in [-0.3, -0.25) is 4.79 Å². The topological polar surface area (TPSA) is 47.6 Å². The minimum absolute atomic E-state index is 0.0495. The van der Waals surface area contributed by atoms with E-state index in [1.54, 1.807) is 0 Å². The van der Waals surface area contributed by atoms with Crippen molar-refractivity contribution in [2.45, 2.75) is 51.0 Å². The first-order chi connectivity index (χ1) is 9.86. The highest BCUT2D eigenvalue weighted by Crippen LogP contribution is 2.17. The van der Waals surface area contributed by atoms with Crippen LogP contribution in [0.25, 0.3) is 0 Å². The summed E-state index contributed by atoms with van der Waals surface area (Å²) in [6, 6.07) is 0. The third-order valence-corrected chi connectivity index (χ3v) is 3.96. The highest BCUT2D eigenvalue weighted by Gasteiger charge is 2.16. The summed E-state index contributed by atoms with van der Waals surface area (Å²) in [4.78, 5) is 12.0. The maximum absolute atomic E-state index is 12.0. The predicted octanol–water partition coefficient (Wildman–Crippen LogP) is 2.43. The fraction of sp³-hybridized carbons (Fsp3) is 0.812. The zero-order valence-corrected chi connectivity index (χ0v) is 12.3. The predicted molar refractivity (Wildman–Crippen MR) is 78.5 cm³/mol. The highest BCUT2D eigenvalue weighted by molar-refractivity contribution is 5.80.